The Morgan fingerprint density at radius 3 is 2.57 bits per heavy atom. The Bertz CT molecular complexity index is 928. The summed E-state index contributed by atoms with van der Waals surface area (Å²) < 4.78 is 32.5. The Balaban J connectivity index is 1.66. The molecule has 0 bridgehead atoms. The van der Waals surface area contributed by atoms with Crippen LogP contribution in [0.2, 0.25) is 0 Å². The molecule has 2 aromatic carbocycles. The quantitative estimate of drug-likeness (QED) is 0.780. The van der Waals surface area contributed by atoms with Gasteiger partial charge in [-0.2, -0.15) is 0 Å². The van der Waals surface area contributed by atoms with E-state index in [1.54, 1.807) is 31.2 Å². The van der Waals surface area contributed by atoms with Gasteiger partial charge < -0.3 is 4.42 Å². The van der Waals surface area contributed by atoms with Crippen molar-refractivity contribution in [2.24, 2.45) is 0 Å². The standard InChI is InChI=1S/C17H18N2O3S/c1-12-3-6-15(7-4-12)23(20,21)18-10-9-14-5-8-16-17(11-14)22-13(2)19-16/h3-8,11,18H,9-10H2,1-2H3. The van der Waals surface area contributed by atoms with Crippen molar-refractivity contribution in [1.82, 2.24) is 9.71 Å². The summed E-state index contributed by atoms with van der Waals surface area (Å²) in [4.78, 5) is 4.52. The van der Waals surface area contributed by atoms with Gasteiger partial charge in [0.1, 0.15) is 5.52 Å². The van der Waals surface area contributed by atoms with E-state index in [9.17, 15) is 8.42 Å². The largest absolute Gasteiger partial charge is 0.441 e. The third-order valence-corrected chi connectivity index (χ3v) is 5.07. The maximum atomic E-state index is 12.2. The number of nitrogens with zero attached hydrogens (tertiary/aromatic N) is 1. The highest BCUT2D eigenvalue weighted by atomic mass is 32.2. The number of nitrogens with one attached hydrogen (secondary N) is 1. The number of hydrogen-bond donors (Lipinski definition) is 1. The summed E-state index contributed by atoms with van der Waals surface area (Å²) in [6.45, 7) is 4.05. The molecule has 0 aliphatic carbocycles. The van der Waals surface area contributed by atoms with Gasteiger partial charge in [0.2, 0.25) is 10.0 Å². The number of fused-ring (bicyclic) bond motifs is 1. The molecule has 0 fully saturated rings. The molecule has 1 aromatic heterocycles. The minimum atomic E-state index is -3.47. The fourth-order valence-electron chi connectivity index (χ4n) is 2.37. The minimum Gasteiger partial charge on any atom is -0.441 e. The summed E-state index contributed by atoms with van der Waals surface area (Å²) in [6, 6.07) is 12.5. The van der Waals surface area contributed by atoms with Gasteiger partial charge in [-0.25, -0.2) is 18.1 Å². The summed E-state index contributed by atoms with van der Waals surface area (Å²) in [7, 11) is -3.47. The average Bonchev–Trinajstić information content (AvgIpc) is 2.87. The van der Waals surface area contributed by atoms with Crippen LogP contribution in [0.5, 0.6) is 0 Å². The van der Waals surface area contributed by atoms with Gasteiger partial charge in [-0.1, -0.05) is 23.8 Å². The molecule has 0 radical (unpaired) electrons. The molecule has 3 rings (SSSR count). The lowest BCUT2D eigenvalue weighted by molar-refractivity contribution is 0.560. The van der Waals surface area contributed by atoms with Crippen molar-refractivity contribution in [1.29, 1.82) is 0 Å². The van der Waals surface area contributed by atoms with Crippen LogP contribution in [0.15, 0.2) is 51.8 Å². The van der Waals surface area contributed by atoms with E-state index in [0.717, 1.165) is 22.2 Å². The van der Waals surface area contributed by atoms with E-state index in [1.165, 1.54) is 0 Å². The second-order valence-electron chi connectivity index (χ2n) is 5.50. The summed E-state index contributed by atoms with van der Waals surface area (Å²) in [5.74, 6) is 0.622. The first kappa shape index (κ1) is 15.7. The zero-order valence-electron chi connectivity index (χ0n) is 13.0. The van der Waals surface area contributed by atoms with Gasteiger partial charge >= 0.3 is 0 Å². The molecule has 5 nitrogen and oxygen atoms in total. The Morgan fingerprint density at radius 1 is 1.09 bits per heavy atom. The van der Waals surface area contributed by atoms with Gasteiger partial charge in [-0.05, 0) is 43.2 Å². The Labute approximate surface area is 135 Å². The molecule has 6 heteroatoms. The fourth-order valence-corrected chi connectivity index (χ4v) is 3.40. The van der Waals surface area contributed by atoms with Gasteiger partial charge in [0.05, 0.1) is 4.90 Å². The summed E-state index contributed by atoms with van der Waals surface area (Å²) in [5.41, 5.74) is 3.56. The van der Waals surface area contributed by atoms with Crippen molar-refractivity contribution in [3.8, 4) is 0 Å². The number of aryl methyl sites for hydroxylation is 2. The molecular formula is C17H18N2O3S. The van der Waals surface area contributed by atoms with E-state index in [4.69, 9.17) is 4.42 Å². The first-order valence-corrected chi connectivity index (χ1v) is 8.85. The second-order valence-corrected chi connectivity index (χ2v) is 7.26. The predicted octanol–water partition coefficient (Wildman–Crippen LogP) is 2.97. The highest BCUT2D eigenvalue weighted by Gasteiger charge is 2.13. The van der Waals surface area contributed by atoms with Crippen LogP contribution in [0.4, 0.5) is 0 Å². The molecular weight excluding hydrogens is 312 g/mol. The van der Waals surface area contributed by atoms with Crippen LogP contribution in [-0.4, -0.2) is 19.9 Å². The lowest BCUT2D eigenvalue weighted by Crippen LogP contribution is -2.25. The molecule has 0 unspecified atom stereocenters. The fraction of sp³-hybridized carbons (Fsp3) is 0.235. The van der Waals surface area contributed by atoms with Crippen molar-refractivity contribution >= 4 is 21.1 Å². The first-order chi connectivity index (χ1) is 10.9. The zero-order valence-corrected chi connectivity index (χ0v) is 13.9. The summed E-state index contributed by atoms with van der Waals surface area (Å²) >= 11 is 0. The minimum absolute atomic E-state index is 0.282. The van der Waals surface area contributed by atoms with Gasteiger partial charge in [0.25, 0.3) is 0 Å². The molecule has 1 N–H and O–H groups in total. The van der Waals surface area contributed by atoms with Crippen molar-refractivity contribution in [2.45, 2.75) is 25.2 Å². The predicted molar refractivity (Wildman–Crippen MR) is 88.8 cm³/mol. The van der Waals surface area contributed by atoms with E-state index in [0.29, 0.717) is 18.9 Å². The van der Waals surface area contributed by atoms with Gasteiger partial charge in [-0.15, -0.1) is 0 Å². The topological polar surface area (TPSA) is 72.2 Å². The van der Waals surface area contributed by atoms with E-state index >= 15 is 0 Å². The zero-order chi connectivity index (χ0) is 16.4. The second kappa shape index (κ2) is 6.14. The van der Waals surface area contributed by atoms with E-state index in [2.05, 4.69) is 9.71 Å². The summed E-state index contributed by atoms with van der Waals surface area (Å²) in [6.07, 6.45) is 0.584. The number of sulfonamides is 1. The van der Waals surface area contributed by atoms with Crippen molar-refractivity contribution in [3.05, 3.63) is 59.5 Å². The van der Waals surface area contributed by atoms with Crippen LogP contribution in [-0.2, 0) is 16.4 Å². The lowest BCUT2D eigenvalue weighted by Gasteiger charge is -2.07. The lowest BCUT2D eigenvalue weighted by atomic mass is 10.1. The van der Waals surface area contributed by atoms with Gasteiger partial charge in [-0.3, -0.25) is 0 Å². The van der Waals surface area contributed by atoms with Crippen LogP contribution in [0, 0.1) is 13.8 Å². The van der Waals surface area contributed by atoms with Crippen molar-refractivity contribution in [2.75, 3.05) is 6.54 Å². The Kier molecular flexibility index (Phi) is 4.19. The molecule has 0 saturated carbocycles. The highest BCUT2D eigenvalue weighted by molar-refractivity contribution is 7.89. The summed E-state index contributed by atoms with van der Waals surface area (Å²) in [5, 5.41) is 0. The monoisotopic (exact) mass is 330 g/mol. The number of hydrogen-bond acceptors (Lipinski definition) is 4. The average molecular weight is 330 g/mol. The smallest absolute Gasteiger partial charge is 0.240 e. The van der Waals surface area contributed by atoms with Gasteiger partial charge in [0, 0.05) is 13.5 Å². The molecule has 0 aliphatic heterocycles. The van der Waals surface area contributed by atoms with Crippen LogP contribution in [0.3, 0.4) is 0 Å². The van der Waals surface area contributed by atoms with Crippen LogP contribution in [0.25, 0.3) is 11.1 Å². The SMILES string of the molecule is Cc1ccc(S(=O)(=O)NCCc2ccc3nc(C)oc3c2)cc1. The molecule has 1 heterocycles. The number of rotatable bonds is 5. The molecule has 120 valence electrons. The molecule has 23 heavy (non-hydrogen) atoms. The number of benzene rings is 2. The maximum Gasteiger partial charge on any atom is 0.240 e. The first-order valence-electron chi connectivity index (χ1n) is 7.36. The molecule has 0 aliphatic rings. The van der Waals surface area contributed by atoms with Gasteiger partial charge in [0.15, 0.2) is 11.5 Å². The number of aromatic nitrogens is 1. The molecule has 0 spiro atoms. The Morgan fingerprint density at radius 2 is 1.83 bits per heavy atom. The maximum absolute atomic E-state index is 12.2. The van der Waals surface area contributed by atoms with E-state index in [1.807, 2.05) is 25.1 Å². The Hall–Kier alpha value is -2.18. The highest BCUT2D eigenvalue weighted by Crippen LogP contribution is 2.17. The van der Waals surface area contributed by atoms with Crippen molar-refractivity contribution in [3.63, 3.8) is 0 Å². The van der Waals surface area contributed by atoms with Crippen LogP contribution >= 0.6 is 0 Å². The van der Waals surface area contributed by atoms with Crippen molar-refractivity contribution < 1.29 is 12.8 Å². The molecule has 0 saturated heterocycles. The normalized spacial score (nSPS) is 11.9. The van der Waals surface area contributed by atoms with Crippen LogP contribution in [0.1, 0.15) is 17.0 Å². The van der Waals surface area contributed by atoms with Crippen LogP contribution < -0.4 is 4.72 Å². The third-order valence-electron chi connectivity index (χ3n) is 3.60. The number of oxazole rings is 1. The molecule has 0 atom stereocenters. The third kappa shape index (κ3) is 3.60. The molecule has 0 amide bonds. The molecule has 3 aromatic rings. The van der Waals surface area contributed by atoms with E-state index in [-0.39, 0.29) is 4.90 Å². The van der Waals surface area contributed by atoms with E-state index < -0.39 is 10.0 Å².